The number of aryl methyl sites for hydroxylation is 2. The van der Waals surface area contributed by atoms with Gasteiger partial charge in [-0.1, -0.05) is 18.3 Å². The van der Waals surface area contributed by atoms with Crippen LogP contribution in [0, 0.1) is 0 Å². The summed E-state index contributed by atoms with van der Waals surface area (Å²) in [6.45, 7) is 2.77. The molecule has 1 atom stereocenters. The predicted octanol–water partition coefficient (Wildman–Crippen LogP) is 2.80. The number of nitrogens with one attached hydrogen (secondary N) is 1. The number of cyclic esters (lactones) is 1. The molecule has 1 aromatic rings. The molecule has 24 heavy (non-hydrogen) atoms. The summed E-state index contributed by atoms with van der Waals surface area (Å²) in [4.78, 5) is 14.4. The highest BCUT2D eigenvalue weighted by molar-refractivity contribution is 8.24. The third-order valence-electron chi connectivity index (χ3n) is 4.35. The first-order valence-electron chi connectivity index (χ1n) is 7.92. The van der Waals surface area contributed by atoms with Gasteiger partial charge in [0.2, 0.25) is 0 Å². The van der Waals surface area contributed by atoms with Crippen molar-refractivity contribution >= 4 is 39.6 Å². The first-order valence-corrected chi connectivity index (χ1v) is 10.2. The minimum Gasteiger partial charge on any atom is -0.442 e. The molecule has 2 aliphatic rings. The van der Waals surface area contributed by atoms with Gasteiger partial charge in [-0.3, -0.25) is 14.0 Å². The summed E-state index contributed by atoms with van der Waals surface area (Å²) in [6, 6.07) is 5.85. The highest BCUT2D eigenvalue weighted by Gasteiger charge is 2.32. The van der Waals surface area contributed by atoms with E-state index in [1.165, 1.54) is 0 Å². The molecule has 0 spiro atoms. The third-order valence-corrected chi connectivity index (χ3v) is 6.21. The van der Waals surface area contributed by atoms with Crippen LogP contribution in [0.3, 0.4) is 0 Å². The number of thiocarbonyl (C=S) groups is 1. The number of hydrogen-bond acceptors (Lipinski definition) is 5. The largest absolute Gasteiger partial charge is 0.442 e. The molecular formula is C16H22N2O4S2. The highest BCUT2D eigenvalue weighted by atomic mass is 32.3. The Hall–Kier alpha value is -1.35. The van der Waals surface area contributed by atoms with E-state index in [1.807, 2.05) is 18.2 Å². The van der Waals surface area contributed by atoms with Crippen LogP contribution in [0.25, 0.3) is 0 Å². The molecule has 1 fully saturated rings. The summed E-state index contributed by atoms with van der Waals surface area (Å²) >= 11 is 4.98. The summed E-state index contributed by atoms with van der Waals surface area (Å²) in [6.07, 6.45) is 0.676. The van der Waals surface area contributed by atoms with Gasteiger partial charge in [-0.25, -0.2) is 4.79 Å². The van der Waals surface area contributed by atoms with Gasteiger partial charge in [0.1, 0.15) is 6.10 Å². The lowest BCUT2D eigenvalue weighted by Crippen LogP contribution is -2.32. The summed E-state index contributed by atoms with van der Waals surface area (Å²) in [7, 11) is -2.48. The number of carbonyl (C=O) groups is 1. The van der Waals surface area contributed by atoms with Crippen LogP contribution >= 0.6 is 22.8 Å². The van der Waals surface area contributed by atoms with Crippen LogP contribution in [0.15, 0.2) is 18.2 Å². The Labute approximate surface area is 148 Å². The van der Waals surface area contributed by atoms with Gasteiger partial charge in [0.15, 0.2) is 0 Å². The van der Waals surface area contributed by atoms with Crippen molar-refractivity contribution in [2.75, 3.05) is 29.5 Å². The Morgan fingerprint density at radius 3 is 2.79 bits per heavy atom. The van der Waals surface area contributed by atoms with E-state index in [9.17, 15) is 13.9 Å². The Morgan fingerprint density at radius 2 is 2.08 bits per heavy atom. The zero-order chi connectivity index (χ0) is 17.3. The van der Waals surface area contributed by atoms with Crippen molar-refractivity contribution in [1.82, 2.24) is 5.32 Å². The van der Waals surface area contributed by atoms with E-state index in [0.29, 0.717) is 42.4 Å². The first-order chi connectivity index (χ1) is 11.3. The maximum Gasteiger partial charge on any atom is 0.414 e. The van der Waals surface area contributed by atoms with Crippen LogP contribution < -0.4 is 10.2 Å². The second-order valence-electron chi connectivity index (χ2n) is 6.22. The van der Waals surface area contributed by atoms with Gasteiger partial charge in [0, 0.05) is 17.2 Å². The SMILES string of the molecule is CC(=S)NC[C@H]1CN(c2ccc3c(c2)CCS(O)(O)CC3)C(=O)O1. The van der Waals surface area contributed by atoms with E-state index in [4.69, 9.17) is 17.0 Å². The number of anilines is 1. The van der Waals surface area contributed by atoms with Crippen molar-refractivity contribution in [3.05, 3.63) is 29.3 Å². The second kappa shape index (κ2) is 6.87. The normalized spacial score (nSPS) is 23.9. The quantitative estimate of drug-likeness (QED) is 0.710. The van der Waals surface area contributed by atoms with Gasteiger partial charge >= 0.3 is 6.09 Å². The molecule has 1 saturated heterocycles. The van der Waals surface area contributed by atoms with Crippen molar-refractivity contribution in [3.8, 4) is 0 Å². The summed E-state index contributed by atoms with van der Waals surface area (Å²) in [5.74, 6) is 0.796. The minimum absolute atomic E-state index is 0.235. The highest BCUT2D eigenvalue weighted by Crippen LogP contribution is 2.42. The molecule has 2 aliphatic heterocycles. The molecule has 1 amide bonds. The van der Waals surface area contributed by atoms with Crippen LogP contribution in [0.5, 0.6) is 0 Å². The van der Waals surface area contributed by atoms with Gasteiger partial charge in [0.25, 0.3) is 0 Å². The van der Waals surface area contributed by atoms with Crippen LogP contribution in [0.1, 0.15) is 18.1 Å². The second-order valence-corrected chi connectivity index (χ2v) is 9.25. The molecule has 8 heteroatoms. The van der Waals surface area contributed by atoms with Gasteiger partial charge in [-0.05, 0) is 43.0 Å². The van der Waals surface area contributed by atoms with E-state index in [2.05, 4.69) is 5.32 Å². The van der Waals surface area contributed by atoms with Crippen LogP contribution in [-0.4, -0.2) is 50.9 Å². The molecular weight excluding hydrogens is 348 g/mol. The van der Waals surface area contributed by atoms with E-state index in [0.717, 1.165) is 16.8 Å². The molecule has 2 heterocycles. The van der Waals surface area contributed by atoms with Gasteiger partial charge in [-0.15, -0.1) is 0 Å². The zero-order valence-corrected chi connectivity index (χ0v) is 15.2. The fraction of sp³-hybridized carbons (Fsp3) is 0.500. The van der Waals surface area contributed by atoms with Crippen molar-refractivity contribution < 1.29 is 18.6 Å². The maximum absolute atomic E-state index is 12.1. The molecule has 6 nitrogen and oxygen atoms in total. The molecule has 0 aliphatic carbocycles. The molecule has 0 aromatic heterocycles. The van der Waals surface area contributed by atoms with Gasteiger partial charge in [-0.2, -0.15) is 10.6 Å². The Kier molecular flexibility index (Phi) is 5.00. The number of benzene rings is 1. The Bertz CT molecular complexity index is 665. The molecule has 3 N–H and O–H groups in total. The van der Waals surface area contributed by atoms with Crippen molar-refractivity contribution in [2.45, 2.75) is 25.9 Å². The van der Waals surface area contributed by atoms with Gasteiger partial charge < -0.3 is 10.1 Å². The van der Waals surface area contributed by atoms with Crippen molar-refractivity contribution in [1.29, 1.82) is 0 Å². The minimum atomic E-state index is -2.48. The molecule has 0 bridgehead atoms. The summed E-state index contributed by atoms with van der Waals surface area (Å²) in [5.41, 5.74) is 2.99. The number of hydrogen-bond donors (Lipinski definition) is 3. The fourth-order valence-electron chi connectivity index (χ4n) is 3.00. The van der Waals surface area contributed by atoms with Crippen LogP contribution in [-0.2, 0) is 17.6 Å². The molecule has 0 radical (unpaired) electrons. The standard InChI is InChI=1S/C16H22N2O4S2/c1-11(23)17-9-15-10-18(16(19)22-15)14-3-2-12-4-6-24(20,21)7-5-13(12)8-14/h2-3,8,15,20-21H,4-7,9-10H2,1H3,(H,17,23)/t15-/m0/s1. The predicted molar refractivity (Wildman–Crippen MR) is 100 cm³/mol. The Balaban J connectivity index is 1.73. The van der Waals surface area contributed by atoms with Crippen molar-refractivity contribution in [3.63, 3.8) is 0 Å². The molecule has 3 rings (SSSR count). The smallest absolute Gasteiger partial charge is 0.414 e. The van der Waals surface area contributed by atoms with Gasteiger partial charge in [0.05, 0.1) is 18.1 Å². The van der Waals surface area contributed by atoms with E-state index >= 15 is 0 Å². The average Bonchev–Trinajstić information content (AvgIpc) is 2.82. The number of nitrogens with zero attached hydrogens (tertiary/aromatic N) is 1. The van der Waals surface area contributed by atoms with Crippen molar-refractivity contribution in [2.24, 2.45) is 0 Å². The fourth-order valence-corrected chi connectivity index (χ4v) is 4.38. The monoisotopic (exact) mass is 370 g/mol. The lowest BCUT2D eigenvalue weighted by atomic mass is 10.0. The van der Waals surface area contributed by atoms with E-state index in [-0.39, 0.29) is 12.2 Å². The molecule has 0 unspecified atom stereocenters. The molecule has 132 valence electrons. The number of carbonyl (C=O) groups excluding carboxylic acids is 1. The van der Waals surface area contributed by atoms with E-state index in [1.54, 1.807) is 11.8 Å². The van der Waals surface area contributed by atoms with E-state index < -0.39 is 10.6 Å². The Morgan fingerprint density at radius 1 is 1.38 bits per heavy atom. The summed E-state index contributed by atoms with van der Waals surface area (Å²) < 4.78 is 25.2. The topological polar surface area (TPSA) is 82.0 Å². The third kappa shape index (κ3) is 4.00. The zero-order valence-electron chi connectivity index (χ0n) is 13.5. The van der Waals surface area contributed by atoms with Crippen LogP contribution in [0.2, 0.25) is 0 Å². The lowest BCUT2D eigenvalue weighted by Gasteiger charge is -2.30. The van der Waals surface area contributed by atoms with Crippen LogP contribution in [0.4, 0.5) is 10.5 Å². The number of amides is 1. The molecule has 0 saturated carbocycles. The maximum atomic E-state index is 12.1. The summed E-state index contributed by atoms with van der Waals surface area (Å²) in [5, 5.41) is 3.02. The number of ether oxygens (including phenoxy) is 1. The lowest BCUT2D eigenvalue weighted by molar-refractivity contribution is 0.143. The average molecular weight is 370 g/mol. The number of rotatable bonds is 3. The number of fused-ring (bicyclic) bond motifs is 1. The molecule has 1 aromatic carbocycles. The first kappa shape index (κ1) is 17.5.